The molecule has 0 bridgehead atoms. The highest BCUT2D eigenvalue weighted by Gasteiger charge is 2.45. The van der Waals surface area contributed by atoms with E-state index in [9.17, 15) is 14.0 Å². The lowest BCUT2D eigenvalue weighted by molar-refractivity contribution is -0.119. The van der Waals surface area contributed by atoms with E-state index in [0.29, 0.717) is 40.4 Å². The van der Waals surface area contributed by atoms with Crippen LogP contribution in [0.4, 0.5) is 10.1 Å². The molecular weight excluding hydrogens is 387 g/mol. The quantitative estimate of drug-likeness (QED) is 0.828. The van der Waals surface area contributed by atoms with Crippen LogP contribution in [0.1, 0.15) is 46.7 Å². The van der Waals surface area contributed by atoms with Crippen molar-refractivity contribution in [1.82, 2.24) is 4.90 Å². The molecule has 0 saturated carbocycles. The van der Waals surface area contributed by atoms with E-state index in [0.717, 1.165) is 19.3 Å². The van der Waals surface area contributed by atoms with Crippen LogP contribution >= 0.6 is 0 Å². The summed E-state index contributed by atoms with van der Waals surface area (Å²) < 4.78 is 24.8. The number of rotatable bonds is 4. The second kappa shape index (κ2) is 7.97. The minimum Gasteiger partial charge on any atom is -0.493 e. The fourth-order valence-electron chi connectivity index (χ4n) is 4.46. The van der Waals surface area contributed by atoms with Crippen LogP contribution in [0.15, 0.2) is 30.3 Å². The summed E-state index contributed by atoms with van der Waals surface area (Å²) >= 11 is 0. The Hall–Kier alpha value is -3.09. The van der Waals surface area contributed by atoms with Gasteiger partial charge in [-0.3, -0.25) is 9.59 Å². The average Bonchev–Trinajstić information content (AvgIpc) is 2.75. The molecule has 2 heterocycles. The van der Waals surface area contributed by atoms with E-state index in [2.05, 4.69) is 5.32 Å². The molecule has 1 fully saturated rings. The maximum absolute atomic E-state index is 14.0. The van der Waals surface area contributed by atoms with Crippen LogP contribution < -0.4 is 14.8 Å². The van der Waals surface area contributed by atoms with E-state index in [4.69, 9.17) is 9.47 Å². The number of halogens is 1. The van der Waals surface area contributed by atoms with Crippen LogP contribution in [0.5, 0.6) is 11.5 Å². The van der Waals surface area contributed by atoms with Crippen LogP contribution in [0, 0.1) is 12.7 Å². The molecule has 2 unspecified atom stereocenters. The van der Waals surface area contributed by atoms with E-state index in [1.54, 1.807) is 36.1 Å². The average molecular weight is 412 g/mol. The van der Waals surface area contributed by atoms with E-state index >= 15 is 0 Å². The fourth-order valence-corrected chi connectivity index (χ4v) is 4.46. The molecule has 2 aromatic rings. The zero-order valence-electron chi connectivity index (χ0n) is 17.3. The molecule has 2 aromatic carbocycles. The zero-order valence-corrected chi connectivity index (χ0v) is 17.3. The summed E-state index contributed by atoms with van der Waals surface area (Å²) in [5.74, 6) is -0.413. The molecule has 0 spiro atoms. The molecule has 30 heavy (non-hydrogen) atoms. The van der Waals surface area contributed by atoms with Gasteiger partial charge in [0.15, 0.2) is 11.5 Å². The number of carbonyl (C=O) groups excluding carboxylic acids is 2. The van der Waals surface area contributed by atoms with Gasteiger partial charge in [0.1, 0.15) is 5.82 Å². The Morgan fingerprint density at radius 2 is 1.87 bits per heavy atom. The summed E-state index contributed by atoms with van der Waals surface area (Å²) in [5.41, 5.74) is 1.97. The third kappa shape index (κ3) is 3.38. The number of piperidine rings is 1. The summed E-state index contributed by atoms with van der Waals surface area (Å²) in [4.78, 5) is 28.4. The van der Waals surface area contributed by atoms with Crippen molar-refractivity contribution in [2.24, 2.45) is 0 Å². The highest BCUT2D eigenvalue weighted by Crippen LogP contribution is 2.43. The van der Waals surface area contributed by atoms with Crippen LogP contribution in [-0.2, 0) is 4.79 Å². The van der Waals surface area contributed by atoms with Gasteiger partial charge in [0.25, 0.3) is 5.91 Å². The van der Waals surface area contributed by atoms with E-state index in [1.165, 1.54) is 20.3 Å². The Labute approximate surface area is 175 Å². The molecule has 4 rings (SSSR count). The molecular formula is C23H25FN2O4. The van der Waals surface area contributed by atoms with Crippen LogP contribution in [0.3, 0.4) is 0 Å². The Bertz CT molecular complexity index is 1010. The number of ether oxygens (including phenoxy) is 2. The lowest BCUT2D eigenvalue weighted by Crippen LogP contribution is -2.53. The summed E-state index contributed by atoms with van der Waals surface area (Å²) in [6.45, 7) is 2.28. The first-order valence-electron chi connectivity index (χ1n) is 10.1. The van der Waals surface area contributed by atoms with Crippen LogP contribution in [0.25, 0.3) is 0 Å². The number of benzene rings is 2. The van der Waals surface area contributed by atoms with Crippen molar-refractivity contribution in [3.05, 3.63) is 52.8 Å². The van der Waals surface area contributed by atoms with Gasteiger partial charge in [-0.25, -0.2) is 4.39 Å². The topological polar surface area (TPSA) is 67.9 Å². The van der Waals surface area contributed by atoms with Gasteiger partial charge < -0.3 is 19.7 Å². The minimum absolute atomic E-state index is 0.0962. The number of aryl methyl sites for hydroxylation is 1. The Morgan fingerprint density at radius 3 is 2.57 bits per heavy atom. The molecule has 0 radical (unpaired) electrons. The highest BCUT2D eigenvalue weighted by atomic mass is 19.1. The number of fused-ring (bicyclic) bond motifs is 2. The normalized spacial score (nSPS) is 20.3. The Kier molecular flexibility index (Phi) is 5.37. The number of hydrogen-bond donors (Lipinski definition) is 1. The molecule has 7 heteroatoms. The lowest BCUT2D eigenvalue weighted by Gasteiger charge is -2.44. The van der Waals surface area contributed by atoms with Crippen molar-refractivity contribution in [3.8, 4) is 11.5 Å². The minimum atomic E-state index is -0.581. The van der Waals surface area contributed by atoms with Crippen LogP contribution in [-0.4, -0.2) is 43.5 Å². The Morgan fingerprint density at radius 1 is 1.13 bits per heavy atom. The van der Waals surface area contributed by atoms with Gasteiger partial charge in [0.05, 0.1) is 20.1 Å². The second-order valence-electron chi connectivity index (χ2n) is 7.79. The van der Waals surface area contributed by atoms with Gasteiger partial charge in [-0.1, -0.05) is 6.07 Å². The number of nitrogens with zero attached hydrogens (tertiary/aromatic N) is 1. The number of amides is 2. The second-order valence-corrected chi connectivity index (χ2v) is 7.79. The standard InChI is InChI=1S/C23H25FN2O4/c1-13-7-8-14(10-17(13)24)25-22(27)21-15-11-19(29-2)20(30-3)12-16(15)23(28)26-9-5-4-6-18(21)26/h7-8,10-12,18,21H,4-6,9H2,1-3H3,(H,25,27). The smallest absolute Gasteiger partial charge is 0.254 e. The van der Waals surface area contributed by atoms with Crippen molar-refractivity contribution in [1.29, 1.82) is 0 Å². The third-order valence-corrected chi connectivity index (χ3v) is 6.04. The lowest BCUT2D eigenvalue weighted by atomic mass is 9.78. The number of anilines is 1. The molecule has 6 nitrogen and oxygen atoms in total. The molecule has 0 aliphatic carbocycles. The summed E-state index contributed by atoms with van der Waals surface area (Å²) in [6, 6.07) is 7.75. The molecule has 2 aliphatic rings. The predicted molar refractivity (Wildman–Crippen MR) is 111 cm³/mol. The van der Waals surface area contributed by atoms with E-state index in [-0.39, 0.29) is 23.7 Å². The summed E-state index contributed by atoms with van der Waals surface area (Å²) in [5, 5.41) is 2.85. The van der Waals surface area contributed by atoms with Crippen molar-refractivity contribution < 1.29 is 23.5 Å². The first-order chi connectivity index (χ1) is 14.4. The first-order valence-corrected chi connectivity index (χ1v) is 10.1. The van der Waals surface area contributed by atoms with Gasteiger partial charge in [0.2, 0.25) is 5.91 Å². The SMILES string of the molecule is COc1cc2c(cc1OC)C(C(=O)Nc1ccc(C)c(F)c1)C1CCCCN1C2=O. The predicted octanol–water partition coefficient (Wildman–Crippen LogP) is 3.88. The van der Waals surface area contributed by atoms with Crippen molar-refractivity contribution in [3.63, 3.8) is 0 Å². The summed E-state index contributed by atoms with van der Waals surface area (Å²) in [7, 11) is 3.03. The number of nitrogens with one attached hydrogen (secondary N) is 1. The van der Waals surface area contributed by atoms with Gasteiger partial charge in [-0.05, 0) is 61.6 Å². The number of hydrogen-bond acceptors (Lipinski definition) is 4. The van der Waals surface area contributed by atoms with Crippen molar-refractivity contribution >= 4 is 17.5 Å². The molecule has 2 amide bonds. The molecule has 1 N–H and O–H groups in total. The highest BCUT2D eigenvalue weighted by molar-refractivity contribution is 6.04. The largest absolute Gasteiger partial charge is 0.493 e. The Balaban J connectivity index is 1.78. The van der Waals surface area contributed by atoms with Crippen molar-refractivity contribution in [2.75, 3.05) is 26.1 Å². The van der Waals surface area contributed by atoms with Gasteiger partial charge in [-0.2, -0.15) is 0 Å². The number of carbonyl (C=O) groups is 2. The molecule has 2 aliphatic heterocycles. The molecule has 1 saturated heterocycles. The maximum atomic E-state index is 14.0. The summed E-state index contributed by atoms with van der Waals surface area (Å²) in [6.07, 6.45) is 2.59. The van der Waals surface area contributed by atoms with Gasteiger partial charge in [0, 0.05) is 23.8 Å². The van der Waals surface area contributed by atoms with Gasteiger partial charge >= 0.3 is 0 Å². The molecule has 0 aromatic heterocycles. The maximum Gasteiger partial charge on any atom is 0.254 e. The van der Waals surface area contributed by atoms with Crippen LogP contribution in [0.2, 0.25) is 0 Å². The fraction of sp³-hybridized carbons (Fsp3) is 0.391. The van der Waals surface area contributed by atoms with E-state index in [1.807, 2.05) is 0 Å². The number of methoxy groups -OCH3 is 2. The zero-order chi connectivity index (χ0) is 21.4. The van der Waals surface area contributed by atoms with Gasteiger partial charge in [-0.15, -0.1) is 0 Å². The molecule has 158 valence electrons. The molecule has 2 atom stereocenters. The van der Waals surface area contributed by atoms with E-state index < -0.39 is 5.92 Å². The third-order valence-electron chi connectivity index (χ3n) is 6.04. The van der Waals surface area contributed by atoms with Crippen molar-refractivity contribution in [2.45, 2.75) is 38.1 Å². The first kappa shape index (κ1) is 20.2. The monoisotopic (exact) mass is 412 g/mol.